The maximum Gasteiger partial charge on any atom is 0.0528 e. The summed E-state index contributed by atoms with van der Waals surface area (Å²) >= 11 is 0. The predicted octanol–water partition coefficient (Wildman–Crippen LogP) is 2.86. The molecule has 0 amide bonds. The van der Waals surface area contributed by atoms with Crippen LogP contribution >= 0.6 is 0 Å². The maximum absolute atomic E-state index is 5.79. The first-order valence-corrected chi connectivity index (χ1v) is 6.53. The fourth-order valence-corrected chi connectivity index (χ4v) is 3.08. The van der Waals surface area contributed by atoms with Crippen LogP contribution in [0.4, 0.5) is 0 Å². The number of hydrogen-bond acceptors (Lipinski definition) is 3. The molecule has 3 N–H and O–H groups in total. The van der Waals surface area contributed by atoms with Crippen LogP contribution in [0.3, 0.4) is 0 Å². The van der Waals surface area contributed by atoms with Gasteiger partial charge in [-0.1, -0.05) is 32.3 Å². The van der Waals surface area contributed by atoms with Crippen molar-refractivity contribution in [3.8, 4) is 0 Å². The summed E-state index contributed by atoms with van der Waals surface area (Å²) < 4.78 is 0. The Hall–Kier alpha value is -0.930. The summed E-state index contributed by atoms with van der Waals surface area (Å²) in [7, 11) is 0. The molecule has 1 aromatic heterocycles. The zero-order valence-corrected chi connectivity index (χ0v) is 10.9. The fourth-order valence-electron chi connectivity index (χ4n) is 3.08. The second-order valence-corrected chi connectivity index (χ2v) is 5.61. The number of hydrogen-bond donors (Lipinski definition) is 2. The zero-order valence-electron chi connectivity index (χ0n) is 10.9. The van der Waals surface area contributed by atoms with Crippen LogP contribution < -0.4 is 11.3 Å². The minimum absolute atomic E-state index is 0.218. The first-order valence-electron chi connectivity index (χ1n) is 6.53. The molecular weight excluding hydrogens is 210 g/mol. The van der Waals surface area contributed by atoms with Crippen molar-refractivity contribution in [2.24, 2.45) is 11.3 Å². The van der Waals surface area contributed by atoms with E-state index in [1.807, 2.05) is 12.4 Å². The molecule has 0 spiro atoms. The Morgan fingerprint density at radius 3 is 2.59 bits per heavy atom. The predicted molar refractivity (Wildman–Crippen MR) is 70.2 cm³/mol. The molecule has 0 bridgehead atoms. The van der Waals surface area contributed by atoms with Gasteiger partial charge in [-0.25, -0.2) is 0 Å². The van der Waals surface area contributed by atoms with Gasteiger partial charge in [0.05, 0.1) is 6.04 Å². The number of nitrogens with two attached hydrogens (primary N) is 1. The van der Waals surface area contributed by atoms with Crippen molar-refractivity contribution >= 4 is 0 Å². The molecule has 2 rings (SSSR count). The molecule has 3 nitrogen and oxygen atoms in total. The standard InChI is InChI=1S/C14H23N3/c1-11-8-12(10-16-9-11)13(17-15)14(2)6-4-3-5-7-14/h8-10,13,17H,3-7,15H2,1-2H3. The van der Waals surface area contributed by atoms with Crippen LogP contribution in [-0.4, -0.2) is 4.98 Å². The average molecular weight is 233 g/mol. The van der Waals surface area contributed by atoms with Crippen LogP contribution in [0.2, 0.25) is 0 Å². The minimum atomic E-state index is 0.218. The monoisotopic (exact) mass is 233 g/mol. The van der Waals surface area contributed by atoms with Crippen LogP contribution in [0.15, 0.2) is 18.5 Å². The van der Waals surface area contributed by atoms with Gasteiger partial charge in [-0.05, 0) is 36.3 Å². The van der Waals surface area contributed by atoms with Crippen LogP contribution in [0, 0.1) is 12.3 Å². The molecule has 0 aromatic carbocycles. The van der Waals surface area contributed by atoms with Crippen LogP contribution in [0.5, 0.6) is 0 Å². The van der Waals surface area contributed by atoms with Gasteiger partial charge in [0.2, 0.25) is 0 Å². The number of aromatic nitrogens is 1. The number of aryl methyl sites for hydroxylation is 1. The van der Waals surface area contributed by atoms with Gasteiger partial charge in [0, 0.05) is 12.4 Å². The van der Waals surface area contributed by atoms with E-state index in [1.54, 1.807) is 0 Å². The van der Waals surface area contributed by atoms with Crippen molar-refractivity contribution in [2.75, 3.05) is 0 Å². The van der Waals surface area contributed by atoms with Gasteiger partial charge < -0.3 is 0 Å². The quantitative estimate of drug-likeness (QED) is 0.623. The van der Waals surface area contributed by atoms with E-state index in [4.69, 9.17) is 5.84 Å². The third-order valence-corrected chi connectivity index (χ3v) is 4.09. The highest BCUT2D eigenvalue weighted by atomic mass is 15.2. The average Bonchev–Trinajstić information content (AvgIpc) is 2.30. The molecule has 1 aliphatic carbocycles. The Kier molecular flexibility index (Phi) is 3.79. The molecule has 0 aliphatic heterocycles. The molecule has 0 saturated heterocycles. The molecule has 17 heavy (non-hydrogen) atoms. The zero-order chi connectivity index (χ0) is 12.3. The van der Waals surface area contributed by atoms with E-state index in [-0.39, 0.29) is 11.5 Å². The SMILES string of the molecule is Cc1cncc(C(NN)C2(C)CCCCC2)c1. The number of rotatable bonds is 3. The number of nitrogens with zero attached hydrogens (tertiary/aromatic N) is 1. The first-order chi connectivity index (χ1) is 8.15. The summed E-state index contributed by atoms with van der Waals surface area (Å²) in [6.45, 7) is 4.42. The minimum Gasteiger partial charge on any atom is -0.271 e. The molecule has 1 fully saturated rings. The summed E-state index contributed by atoms with van der Waals surface area (Å²) in [6, 6.07) is 2.41. The second-order valence-electron chi connectivity index (χ2n) is 5.61. The van der Waals surface area contributed by atoms with Crippen LogP contribution in [-0.2, 0) is 0 Å². The lowest BCUT2D eigenvalue weighted by atomic mass is 9.69. The molecule has 1 saturated carbocycles. The molecule has 3 heteroatoms. The molecule has 94 valence electrons. The van der Waals surface area contributed by atoms with Gasteiger partial charge in [-0.2, -0.15) is 0 Å². The van der Waals surface area contributed by atoms with Crippen molar-refractivity contribution in [2.45, 2.75) is 52.0 Å². The summed E-state index contributed by atoms with van der Waals surface area (Å²) in [5.41, 5.74) is 5.70. The lowest BCUT2D eigenvalue weighted by Crippen LogP contribution is -2.41. The molecule has 1 heterocycles. The molecule has 1 aromatic rings. The highest BCUT2D eigenvalue weighted by Gasteiger charge is 2.35. The van der Waals surface area contributed by atoms with Gasteiger partial charge in [-0.3, -0.25) is 16.3 Å². The van der Waals surface area contributed by atoms with Gasteiger partial charge in [0.1, 0.15) is 0 Å². The Morgan fingerprint density at radius 2 is 2.00 bits per heavy atom. The van der Waals surface area contributed by atoms with Crippen LogP contribution in [0.25, 0.3) is 0 Å². The van der Waals surface area contributed by atoms with Gasteiger partial charge in [0.25, 0.3) is 0 Å². The van der Waals surface area contributed by atoms with Gasteiger partial charge in [-0.15, -0.1) is 0 Å². The van der Waals surface area contributed by atoms with E-state index in [0.717, 1.165) is 0 Å². The largest absolute Gasteiger partial charge is 0.271 e. The third-order valence-electron chi connectivity index (χ3n) is 4.09. The van der Waals surface area contributed by atoms with Crippen molar-refractivity contribution in [1.29, 1.82) is 0 Å². The fraction of sp³-hybridized carbons (Fsp3) is 0.643. The summed E-state index contributed by atoms with van der Waals surface area (Å²) in [5.74, 6) is 5.79. The Bertz CT molecular complexity index is 369. The highest BCUT2D eigenvalue weighted by Crippen LogP contribution is 2.45. The van der Waals surface area contributed by atoms with Crippen molar-refractivity contribution < 1.29 is 0 Å². The molecular formula is C14H23N3. The van der Waals surface area contributed by atoms with E-state index in [1.165, 1.54) is 43.2 Å². The Balaban J connectivity index is 2.26. The van der Waals surface area contributed by atoms with E-state index >= 15 is 0 Å². The first kappa shape index (κ1) is 12.5. The highest BCUT2D eigenvalue weighted by molar-refractivity contribution is 5.22. The van der Waals surface area contributed by atoms with E-state index < -0.39 is 0 Å². The topological polar surface area (TPSA) is 50.9 Å². The van der Waals surface area contributed by atoms with Crippen molar-refractivity contribution in [1.82, 2.24) is 10.4 Å². The summed E-state index contributed by atoms with van der Waals surface area (Å²) in [6.07, 6.45) is 10.3. The van der Waals surface area contributed by atoms with Crippen molar-refractivity contribution in [3.63, 3.8) is 0 Å². The molecule has 1 atom stereocenters. The molecule has 0 radical (unpaired) electrons. The normalized spacial score (nSPS) is 21.1. The van der Waals surface area contributed by atoms with Gasteiger partial charge in [0.15, 0.2) is 0 Å². The van der Waals surface area contributed by atoms with Crippen LogP contribution in [0.1, 0.15) is 56.2 Å². The maximum atomic E-state index is 5.79. The number of pyridine rings is 1. The Morgan fingerprint density at radius 1 is 1.29 bits per heavy atom. The third kappa shape index (κ3) is 2.67. The molecule has 1 unspecified atom stereocenters. The van der Waals surface area contributed by atoms with Crippen molar-refractivity contribution in [3.05, 3.63) is 29.6 Å². The Labute approximate surface area is 104 Å². The van der Waals surface area contributed by atoms with E-state index in [2.05, 4.69) is 30.3 Å². The second kappa shape index (κ2) is 5.15. The summed E-state index contributed by atoms with van der Waals surface area (Å²) in [5, 5.41) is 0. The lowest BCUT2D eigenvalue weighted by Gasteiger charge is -2.40. The number of nitrogens with one attached hydrogen (secondary N) is 1. The van der Waals surface area contributed by atoms with E-state index in [9.17, 15) is 0 Å². The van der Waals surface area contributed by atoms with Gasteiger partial charge >= 0.3 is 0 Å². The summed E-state index contributed by atoms with van der Waals surface area (Å²) in [4.78, 5) is 4.28. The molecule has 1 aliphatic rings. The van der Waals surface area contributed by atoms with E-state index in [0.29, 0.717) is 0 Å². The number of hydrazine groups is 1. The lowest BCUT2D eigenvalue weighted by molar-refractivity contribution is 0.145. The smallest absolute Gasteiger partial charge is 0.0528 e.